The van der Waals surface area contributed by atoms with Gasteiger partial charge in [-0.2, -0.15) is 0 Å². The number of anilines is 1. The summed E-state index contributed by atoms with van der Waals surface area (Å²) >= 11 is 6.07. The molecule has 7 nitrogen and oxygen atoms in total. The van der Waals surface area contributed by atoms with Crippen molar-refractivity contribution in [2.24, 2.45) is 0 Å². The first-order chi connectivity index (χ1) is 18.8. The average Bonchev–Trinajstić information content (AvgIpc) is 3.46. The van der Waals surface area contributed by atoms with Crippen LogP contribution in [-0.2, 0) is 26.2 Å². The number of benzene rings is 3. The highest BCUT2D eigenvalue weighted by Crippen LogP contribution is 2.26. The molecule has 0 bridgehead atoms. The molecule has 0 heterocycles. The predicted molar refractivity (Wildman–Crippen MR) is 154 cm³/mol. The standard InChI is InChI=1S/C30H34ClN3O4S/c1-2-28(30(36)32-25-13-9-10-14-25)33(21-23-11-5-3-6-12-23)29(35)22-34(26-19-17-24(31)18-20-26)39(37,38)27-15-7-4-8-16-27/h3-8,11-12,15-20,25,28H,2,9-10,13-14,21-22H2,1H3,(H,32,36). The molecule has 0 saturated heterocycles. The second-order valence-corrected chi connectivity index (χ2v) is 12.0. The molecule has 1 atom stereocenters. The maximum absolute atomic E-state index is 14.0. The van der Waals surface area contributed by atoms with E-state index in [9.17, 15) is 18.0 Å². The van der Waals surface area contributed by atoms with Gasteiger partial charge in [-0.1, -0.05) is 79.9 Å². The maximum atomic E-state index is 14.0. The van der Waals surface area contributed by atoms with Gasteiger partial charge in [-0.05, 0) is 61.2 Å². The molecule has 206 valence electrons. The molecule has 39 heavy (non-hydrogen) atoms. The summed E-state index contributed by atoms with van der Waals surface area (Å²) in [5.41, 5.74) is 1.15. The number of hydrogen-bond donors (Lipinski definition) is 1. The van der Waals surface area contributed by atoms with Crippen molar-refractivity contribution in [3.05, 3.63) is 95.5 Å². The van der Waals surface area contributed by atoms with E-state index >= 15 is 0 Å². The zero-order valence-electron chi connectivity index (χ0n) is 22.0. The summed E-state index contributed by atoms with van der Waals surface area (Å²) in [6.45, 7) is 1.57. The largest absolute Gasteiger partial charge is 0.352 e. The third-order valence-corrected chi connectivity index (χ3v) is 9.05. The second kappa shape index (κ2) is 13.1. The summed E-state index contributed by atoms with van der Waals surface area (Å²) in [6, 6.07) is 23.1. The Morgan fingerprint density at radius 3 is 2.10 bits per heavy atom. The third kappa shape index (κ3) is 7.19. The zero-order valence-corrected chi connectivity index (χ0v) is 23.6. The first-order valence-electron chi connectivity index (χ1n) is 13.3. The van der Waals surface area contributed by atoms with Gasteiger partial charge in [0.05, 0.1) is 10.6 Å². The molecule has 0 aromatic heterocycles. The van der Waals surface area contributed by atoms with Gasteiger partial charge < -0.3 is 10.2 Å². The van der Waals surface area contributed by atoms with Crippen LogP contribution >= 0.6 is 11.6 Å². The highest BCUT2D eigenvalue weighted by Gasteiger charge is 2.34. The molecular weight excluding hydrogens is 534 g/mol. The van der Waals surface area contributed by atoms with Crippen molar-refractivity contribution in [3.63, 3.8) is 0 Å². The van der Waals surface area contributed by atoms with Crippen molar-refractivity contribution in [2.45, 2.75) is 62.6 Å². The van der Waals surface area contributed by atoms with Crippen LogP contribution in [0, 0.1) is 0 Å². The predicted octanol–water partition coefficient (Wildman–Crippen LogP) is 5.40. The number of carbonyl (C=O) groups excluding carboxylic acids is 2. The molecule has 1 unspecified atom stereocenters. The van der Waals surface area contributed by atoms with E-state index in [2.05, 4.69) is 5.32 Å². The van der Waals surface area contributed by atoms with E-state index in [-0.39, 0.29) is 23.4 Å². The maximum Gasteiger partial charge on any atom is 0.264 e. The minimum atomic E-state index is -4.10. The Kier molecular flexibility index (Phi) is 9.64. The Labute approximate surface area is 235 Å². The average molecular weight is 568 g/mol. The molecular formula is C30H34ClN3O4S. The second-order valence-electron chi connectivity index (χ2n) is 9.72. The number of halogens is 1. The van der Waals surface area contributed by atoms with E-state index in [1.54, 1.807) is 42.5 Å². The molecule has 0 radical (unpaired) electrons. The van der Waals surface area contributed by atoms with Gasteiger partial charge >= 0.3 is 0 Å². The molecule has 0 aliphatic heterocycles. The number of hydrogen-bond acceptors (Lipinski definition) is 4. The number of carbonyl (C=O) groups is 2. The van der Waals surface area contributed by atoms with E-state index in [0.29, 0.717) is 17.1 Å². The van der Waals surface area contributed by atoms with E-state index in [0.717, 1.165) is 35.6 Å². The SMILES string of the molecule is CCC(C(=O)NC1CCCC1)N(Cc1ccccc1)C(=O)CN(c1ccc(Cl)cc1)S(=O)(=O)c1ccccc1. The molecule has 1 saturated carbocycles. The van der Waals surface area contributed by atoms with Gasteiger partial charge in [0.1, 0.15) is 12.6 Å². The van der Waals surface area contributed by atoms with Gasteiger partial charge in [0.15, 0.2) is 0 Å². The number of nitrogens with zero attached hydrogens (tertiary/aromatic N) is 2. The third-order valence-electron chi connectivity index (χ3n) is 7.01. The number of rotatable bonds is 11. The molecule has 1 aliphatic carbocycles. The van der Waals surface area contributed by atoms with Crippen molar-refractivity contribution in [2.75, 3.05) is 10.8 Å². The Morgan fingerprint density at radius 2 is 1.51 bits per heavy atom. The molecule has 1 aliphatic rings. The van der Waals surface area contributed by atoms with Gasteiger partial charge in [0.25, 0.3) is 10.0 Å². The van der Waals surface area contributed by atoms with Gasteiger partial charge in [-0.15, -0.1) is 0 Å². The fourth-order valence-electron chi connectivity index (χ4n) is 4.92. The quantitative estimate of drug-likeness (QED) is 0.336. The Morgan fingerprint density at radius 1 is 0.923 bits per heavy atom. The molecule has 3 aromatic rings. The van der Waals surface area contributed by atoms with Gasteiger partial charge in [0, 0.05) is 17.6 Å². The topological polar surface area (TPSA) is 86.8 Å². The fraction of sp³-hybridized carbons (Fsp3) is 0.333. The highest BCUT2D eigenvalue weighted by atomic mass is 35.5. The van der Waals surface area contributed by atoms with Crippen LogP contribution in [0.1, 0.15) is 44.6 Å². The van der Waals surface area contributed by atoms with Gasteiger partial charge in [-0.3, -0.25) is 13.9 Å². The highest BCUT2D eigenvalue weighted by molar-refractivity contribution is 7.92. The van der Waals surface area contributed by atoms with Crippen LogP contribution in [0.25, 0.3) is 0 Å². The van der Waals surface area contributed by atoms with Crippen LogP contribution in [-0.4, -0.2) is 43.8 Å². The van der Waals surface area contributed by atoms with Crippen LogP contribution in [0.2, 0.25) is 5.02 Å². The fourth-order valence-corrected chi connectivity index (χ4v) is 6.48. The van der Waals surface area contributed by atoms with E-state index < -0.39 is 28.5 Å². The van der Waals surface area contributed by atoms with Gasteiger partial charge in [-0.25, -0.2) is 8.42 Å². The first kappa shape index (κ1) is 28.6. The minimum Gasteiger partial charge on any atom is -0.352 e. The summed E-state index contributed by atoms with van der Waals surface area (Å²) in [5.74, 6) is -0.681. The molecule has 9 heteroatoms. The molecule has 3 aromatic carbocycles. The summed E-state index contributed by atoms with van der Waals surface area (Å²) in [4.78, 5) is 29.0. The van der Waals surface area contributed by atoms with E-state index in [1.807, 2.05) is 37.3 Å². The summed E-state index contributed by atoms with van der Waals surface area (Å²) in [6.07, 6.45) is 4.38. The lowest BCUT2D eigenvalue weighted by Crippen LogP contribution is -2.53. The normalized spacial score (nSPS) is 14.5. The number of amides is 2. The lowest BCUT2D eigenvalue weighted by molar-refractivity contribution is -0.140. The molecule has 4 rings (SSSR count). The van der Waals surface area contributed by atoms with E-state index in [1.165, 1.54) is 17.0 Å². The van der Waals surface area contributed by atoms with Crippen LogP contribution < -0.4 is 9.62 Å². The molecule has 0 spiro atoms. The van der Waals surface area contributed by atoms with Crippen LogP contribution in [0.3, 0.4) is 0 Å². The lowest BCUT2D eigenvalue weighted by Gasteiger charge is -2.33. The van der Waals surface area contributed by atoms with Crippen LogP contribution in [0.5, 0.6) is 0 Å². The van der Waals surface area contributed by atoms with Crippen LogP contribution in [0.15, 0.2) is 89.8 Å². The van der Waals surface area contributed by atoms with Crippen molar-refractivity contribution in [1.82, 2.24) is 10.2 Å². The van der Waals surface area contributed by atoms with Crippen molar-refractivity contribution in [1.29, 1.82) is 0 Å². The lowest BCUT2D eigenvalue weighted by atomic mass is 10.1. The smallest absolute Gasteiger partial charge is 0.264 e. The molecule has 2 amide bonds. The van der Waals surface area contributed by atoms with Gasteiger partial charge in [0.2, 0.25) is 11.8 Å². The van der Waals surface area contributed by atoms with Crippen molar-refractivity contribution >= 4 is 39.1 Å². The summed E-state index contributed by atoms with van der Waals surface area (Å²) < 4.78 is 28.6. The summed E-state index contributed by atoms with van der Waals surface area (Å²) in [5, 5.41) is 3.57. The van der Waals surface area contributed by atoms with Crippen molar-refractivity contribution in [3.8, 4) is 0 Å². The number of sulfonamides is 1. The molecule has 1 N–H and O–H groups in total. The van der Waals surface area contributed by atoms with Crippen molar-refractivity contribution < 1.29 is 18.0 Å². The Balaban J connectivity index is 1.68. The summed E-state index contributed by atoms with van der Waals surface area (Å²) in [7, 11) is -4.10. The van der Waals surface area contributed by atoms with E-state index in [4.69, 9.17) is 11.6 Å². The zero-order chi connectivity index (χ0) is 27.8. The molecule has 1 fully saturated rings. The Hall–Kier alpha value is -3.36. The monoisotopic (exact) mass is 567 g/mol. The minimum absolute atomic E-state index is 0.0633. The number of nitrogens with one attached hydrogen (secondary N) is 1. The Bertz CT molecular complexity index is 1350. The van der Waals surface area contributed by atoms with Crippen LogP contribution in [0.4, 0.5) is 5.69 Å². The first-order valence-corrected chi connectivity index (χ1v) is 15.1.